The lowest BCUT2D eigenvalue weighted by atomic mass is 10.2. The minimum absolute atomic E-state index is 0.135. The van der Waals surface area contributed by atoms with Gasteiger partial charge in [-0.2, -0.15) is 4.98 Å². The van der Waals surface area contributed by atoms with Crippen molar-refractivity contribution in [3.63, 3.8) is 0 Å². The number of oxazole rings is 1. The molecule has 2 aromatic rings. The van der Waals surface area contributed by atoms with Gasteiger partial charge < -0.3 is 13.7 Å². The molecule has 8 nitrogen and oxygen atoms in total. The minimum atomic E-state index is -0.135. The maximum absolute atomic E-state index is 5.57. The Morgan fingerprint density at radius 2 is 2.28 bits per heavy atom. The molecular weight excluding hydrogens is 322 g/mol. The molecule has 0 N–H and O–H groups in total. The van der Waals surface area contributed by atoms with Crippen molar-refractivity contribution in [2.45, 2.75) is 52.4 Å². The van der Waals surface area contributed by atoms with Gasteiger partial charge in [0.25, 0.3) is 0 Å². The molecule has 25 heavy (non-hydrogen) atoms. The minimum Gasteiger partial charge on any atom is -0.445 e. The number of likely N-dealkylation sites (tertiary alicyclic amines) is 1. The van der Waals surface area contributed by atoms with Crippen molar-refractivity contribution >= 4 is 0 Å². The number of aryl methyl sites for hydroxylation is 1. The molecule has 0 aliphatic carbocycles. The molecule has 1 aliphatic rings. The molecule has 1 fully saturated rings. The number of likely N-dealkylation sites (N-methyl/N-ethyl adjacent to an activating group) is 1. The van der Waals surface area contributed by atoms with Gasteiger partial charge in [0.05, 0.1) is 19.3 Å². The Hall–Kier alpha value is -1.77. The summed E-state index contributed by atoms with van der Waals surface area (Å²) in [6.45, 7) is 9.82. The highest BCUT2D eigenvalue weighted by Crippen LogP contribution is 2.19. The van der Waals surface area contributed by atoms with Crippen LogP contribution >= 0.6 is 0 Å². The fourth-order valence-electron chi connectivity index (χ4n) is 3.15. The molecule has 1 saturated heterocycles. The Bertz CT molecular complexity index is 671. The van der Waals surface area contributed by atoms with Crippen LogP contribution in [-0.4, -0.2) is 57.7 Å². The lowest BCUT2D eigenvalue weighted by Gasteiger charge is -2.22. The molecule has 0 spiro atoms. The fourth-order valence-corrected chi connectivity index (χ4v) is 3.15. The van der Waals surface area contributed by atoms with E-state index in [9.17, 15) is 0 Å². The second-order valence-electron chi connectivity index (χ2n) is 6.60. The van der Waals surface area contributed by atoms with Crippen molar-refractivity contribution in [1.82, 2.24) is 24.9 Å². The zero-order valence-corrected chi connectivity index (χ0v) is 15.4. The summed E-state index contributed by atoms with van der Waals surface area (Å²) in [5.74, 6) is 2.88. The van der Waals surface area contributed by atoms with Gasteiger partial charge in [-0.05, 0) is 34.2 Å². The second-order valence-corrected chi connectivity index (χ2v) is 6.60. The van der Waals surface area contributed by atoms with Crippen molar-refractivity contribution in [2.24, 2.45) is 0 Å². The van der Waals surface area contributed by atoms with Crippen molar-refractivity contribution in [2.75, 3.05) is 26.7 Å². The summed E-state index contributed by atoms with van der Waals surface area (Å²) in [6.07, 6.45) is 2.73. The SMILES string of the molecule is CCOC(C)c1noc(CN2CCC(N(C)Cc3ncc(C)o3)C2)n1. The van der Waals surface area contributed by atoms with Crippen LogP contribution in [-0.2, 0) is 17.8 Å². The predicted octanol–water partition coefficient (Wildman–Crippen LogP) is 2.17. The molecule has 0 saturated carbocycles. The van der Waals surface area contributed by atoms with E-state index in [2.05, 4.69) is 32.0 Å². The summed E-state index contributed by atoms with van der Waals surface area (Å²) >= 11 is 0. The highest BCUT2D eigenvalue weighted by Gasteiger charge is 2.28. The highest BCUT2D eigenvalue weighted by atomic mass is 16.5. The van der Waals surface area contributed by atoms with E-state index in [4.69, 9.17) is 13.7 Å². The van der Waals surface area contributed by atoms with Gasteiger partial charge in [-0.15, -0.1) is 0 Å². The van der Waals surface area contributed by atoms with Gasteiger partial charge in [0.2, 0.25) is 11.8 Å². The molecule has 3 rings (SSSR count). The van der Waals surface area contributed by atoms with E-state index >= 15 is 0 Å². The molecular formula is C17H27N5O3. The van der Waals surface area contributed by atoms with E-state index in [0.29, 0.717) is 30.9 Å². The van der Waals surface area contributed by atoms with Crippen molar-refractivity contribution < 1.29 is 13.7 Å². The van der Waals surface area contributed by atoms with Crippen LogP contribution in [0.4, 0.5) is 0 Å². The summed E-state index contributed by atoms with van der Waals surface area (Å²) < 4.78 is 16.4. The van der Waals surface area contributed by atoms with E-state index in [1.54, 1.807) is 6.20 Å². The van der Waals surface area contributed by atoms with E-state index in [0.717, 1.165) is 37.7 Å². The van der Waals surface area contributed by atoms with Gasteiger partial charge in [0.1, 0.15) is 11.9 Å². The average molecular weight is 349 g/mol. The van der Waals surface area contributed by atoms with Crippen LogP contribution in [0.25, 0.3) is 0 Å². The number of hydrogen-bond acceptors (Lipinski definition) is 8. The van der Waals surface area contributed by atoms with Crippen molar-refractivity contribution in [3.8, 4) is 0 Å². The molecule has 3 heterocycles. The van der Waals surface area contributed by atoms with E-state index < -0.39 is 0 Å². The smallest absolute Gasteiger partial charge is 0.240 e. The van der Waals surface area contributed by atoms with Crippen LogP contribution in [0.3, 0.4) is 0 Å². The molecule has 2 aromatic heterocycles. The number of ether oxygens (including phenoxy) is 1. The lowest BCUT2D eigenvalue weighted by molar-refractivity contribution is 0.0683. The molecule has 0 amide bonds. The van der Waals surface area contributed by atoms with Gasteiger partial charge in [-0.25, -0.2) is 4.98 Å². The highest BCUT2D eigenvalue weighted by molar-refractivity contribution is 4.94. The van der Waals surface area contributed by atoms with Crippen molar-refractivity contribution in [3.05, 3.63) is 29.6 Å². The quantitative estimate of drug-likeness (QED) is 0.717. The molecule has 2 unspecified atom stereocenters. The number of aromatic nitrogens is 3. The first kappa shape index (κ1) is 18.0. The van der Waals surface area contributed by atoms with Gasteiger partial charge in [0, 0.05) is 25.7 Å². The standard InChI is InChI=1S/C17H27N5O3/c1-5-23-13(3)17-19-16(25-20-17)11-22-7-6-14(9-22)21(4)10-15-18-8-12(2)24-15/h8,13-14H,5-7,9-11H2,1-4H3. The normalized spacial score (nSPS) is 19.8. The lowest BCUT2D eigenvalue weighted by Crippen LogP contribution is -2.34. The van der Waals surface area contributed by atoms with Crippen molar-refractivity contribution in [1.29, 1.82) is 0 Å². The topological polar surface area (TPSA) is 80.7 Å². The Kier molecular flexibility index (Phi) is 5.82. The first-order valence-corrected chi connectivity index (χ1v) is 8.83. The average Bonchev–Trinajstić information content (AvgIpc) is 3.30. The Labute approximate surface area is 148 Å². The van der Waals surface area contributed by atoms with Crippen LogP contribution in [0.15, 0.2) is 15.1 Å². The molecule has 8 heteroatoms. The third-order valence-corrected chi connectivity index (χ3v) is 4.55. The Morgan fingerprint density at radius 1 is 1.44 bits per heavy atom. The second kappa shape index (κ2) is 8.07. The van der Waals surface area contributed by atoms with Gasteiger partial charge in [0.15, 0.2) is 5.82 Å². The summed E-state index contributed by atoms with van der Waals surface area (Å²) in [4.78, 5) is 13.4. The van der Waals surface area contributed by atoms with E-state index in [-0.39, 0.29) is 6.10 Å². The molecule has 0 aromatic carbocycles. The monoisotopic (exact) mass is 349 g/mol. The molecule has 1 aliphatic heterocycles. The van der Waals surface area contributed by atoms with E-state index in [1.165, 1.54) is 0 Å². The summed E-state index contributed by atoms with van der Waals surface area (Å²) in [7, 11) is 2.11. The molecule has 2 atom stereocenters. The van der Waals surface area contributed by atoms with Gasteiger partial charge in [-0.1, -0.05) is 5.16 Å². The summed E-state index contributed by atoms with van der Waals surface area (Å²) in [5, 5.41) is 4.02. The van der Waals surface area contributed by atoms with Crippen LogP contribution in [0, 0.1) is 6.92 Å². The van der Waals surface area contributed by atoms with Crippen LogP contribution < -0.4 is 0 Å². The third kappa shape index (κ3) is 4.65. The third-order valence-electron chi connectivity index (χ3n) is 4.55. The first-order chi connectivity index (χ1) is 12.0. The first-order valence-electron chi connectivity index (χ1n) is 8.83. The molecule has 0 radical (unpaired) electrons. The van der Waals surface area contributed by atoms with Gasteiger partial charge >= 0.3 is 0 Å². The Balaban J connectivity index is 1.49. The maximum atomic E-state index is 5.57. The zero-order chi connectivity index (χ0) is 17.8. The maximum Gasteiger partial charge on any atom is 0.240 e. The zero-order valence-electron chi connectivity index (χ0n) is 15.4. The summed E-state index contributed by atoms with van der Waals surface area (Å²) in [6, 6.07) is 0.469. The van der Waals surface area contributed by atoms with Crippen LogP contribution in [0.5, 0.6) is 0 Å². The number of hydrogen-bond donors (Lipinski definition) is 0. The predicted molar refractivity (Wildman–Crippen MR) is 90.7 cm³/mol. The Morgan fingerprint density at radius 3 is 3.00 bits per heavy atom. The number of rotatable bonds is 8. The fraction of sp³-hybridized carbons (Fsp3) is 0.706. The molecule has 138 valence electrons. The molecule has 0 bridgehead atoms. The van der Waals surface area contributed by atoms with Gasteiger partial charge in [-0.3, -0.25) is 9.80 Å². The summed E-state index contributed by atoms with van der Waals surface area (Å²) in [5.41, 5.74) is 0. The van der Waals surface area contributed by atoms with Crippen LogP contribution in [0.1, 0.15) is 49.7 Å². The van der Waals surface area contributed by atoms with Crippen LogP contribution in [0.2, 0.25) is 0 Å². The number of nitrogens with zero attached hydrogens (tertiary/aromatic N) is 5. The van der Waals surface area contributed by atoms with E-state index in [1.807, 2.05) is 20.8 Å². The largest absolute Gasteiger partial charge is 0.445 e.